The Kier molecular flexibility index (Phi) is 4.37. The number of fused-ring (bicyclic) bond motifs is 1. The van der Waals surface area contributed by atoms with Crippen LogP contribution < -0.4 is 20.1 Å². The van der Waals surface area contributed by atoms with Gasteiger partial charge in [0.15, 0.2) is 18.1 Å². The van der Waals surface area contributed by atoms with Gasteiger partial charge in [-0.2, -0.15) is 0 Å². The number of anilines is 1. The van der Waals surface area contributed by atoms with E-state index < -0.39 is 11.9 Å². The van der Waals surface area contributed by atoms with Crippen LogP contribution >= 0.6 is 0 Å². The van der Waals surface area contributed by atoms with Gasteiger partial charge in [0.05, 0.1) is 7.11 Å². The molecule has 0 fully saturated rings. The van der Waals surface area contributed by atoms with Crippen LogP contribution in [0.1, 0.15) is 5.56 Å². The molecular formula is C18H18N2O4. The van der Waals surface area contributed by atoms with Gasteiger partial charge in [0.25, 0.3) is 5.91 Å². The van der Waals surface area contributed by atoms with Crippen molar-refractivity contribution in [3.05, 3.63) is 54.1 Å². The number of hydrogen-bond acceptors (Lipinski definition) is 4. The molecule has 2 N–H and O–H groups in total. The van der Waals surface area contributed by atoms with Gasteiger partial charge in [-0.25, -0.2) is 0 Å². The number of methoxy groups -OCH3 is 1. The van der Waals surface area contributed by atoms with E-state index in [0.29, 0.717) is 23.6 Å². The molecule has 1 heterocycles. The number of amides is 2. The average Bonchev–Trinajstić information content (AvgIpc) is 3.00. The number of rotatable bonds is 5. The lowest BCUT2D eigenvalue weighted by Gasteiger charge is -2.23. The van der Waals surface area contributed by atoms with Crippen LogP contribution in [0.3, 0.4) is 0 Å². The molecular weight excluding hydrogens is 308 g/mol. The van der Waals surface area contributed by atoms with Gasteiger partial charge in [-0.15, -0.1) is 0 Å². The predicted octanol–water partition coefficient (Wildman–Crippen LogP) is 1.52. The minimum absolute atomic E-state index is 0.210. The van der Waals surface area contributed by atoms with Crippen LogP contribution in [-0.2, 0) is 16.0 Å². The summed E-state index contributed by atoms with van der Waals surface area (Å²) in [7, 11) is 1.53. The lowest BCUT2D eigenvalue weighted by Crippen LogP contribution is -2.47. The highest BCUT2D eigenvalue weighted by molar-refractivity contribution is 6.03. The average molecular weight is 326 g/mol. The maximum atomic E-state index is 12.6. The molecule has 1 unspecified atom stereocenters. The molecule has 2 aromatic rings. The molecule has 0 bridgehead atoms. The van der Waals surface area contributed by atoms with E-state index in [1.54, 1.807) is 24.3 Å². The molecule has 0 spiro atoms. The zero-order chi connectivity index (χ0) is 17.1. The van der Waals surface area contributed by atoms with Crippen LogP contribution in [0.5, 0.6) is 11.5 Å². The van der Waals surface area contributed by atoms with Gasteiger partial charge in [0, 0.05) is 12.1 Å². The highest BCUT2D eigenvalue weighted by atomic mass is 16.5. The third-order valence-electron chi connectivity index (χ3n) is 3.99. The summed E-state index contributed by atoms with van der Waals surface area (Å²) in [5.41, 5.74) is 7.09. The maximum absolute atomic E-state index is 12.6. The minimum atomic E-state index is -0.684. The standard InChI is InChI=1S/C18H18N2O4/c1-23-15-8-4-5-9-16(15)24-11-17(21)20-13-7-3-2-6-12(13)10-14(20)18(19)22/h2-9,14H,10-11H2,1H3,(H2,19,22). The number of benzene rings is 2. The molecule has 1 aliphatic rings. The van der Waals surface area contributed by atoms with Crippen LogP contribution in [0.25, 0.3) is 0 Å². The smallest absolute Gasteiger partial charge is 0.265 e. The van der Waals surface area contributed by atoms with E-state index in [4.69, 9.17) is 15.2 Å². The zero-order valence-corrected chi connectivity index (χ0v) is 13.3. The molecule has 2 amide bonds. The topological polar surface area (TPSA) is 81.9 Å². The Morgan fingerprint density at radius 3 is 2.50 bits per heavy atom. The van der Waals surface area contributed by atoms with Gasteiger partial charge in [0.2, 0.25) is 5.91 Å². The van der Waals surface area contributed by atoms with E-state index in [1.165, 1.54) is 12.0 Å². The Balaban J connectivity index is 1.79. The highest BCUT2D eigenvalue weighted by Gasteiger charge is 2.37. The number of carbonyl (C=O) groups is 2. The van der Waals surface area contributed by atoms with Gasteiger partial charge in [0.1, 0.15) is 6.04 Å². The van der Waals surface area contributed by atoms with E-state index in [0.717, 1.165) is 5.56 Å². The summed E-state index contributed by atoms with van der Waals surface area (Å²) in [5, 5.41) is 0. The Hall–Kier alpha value is -3.02. The lowest BCUT2D eigenvalue weighted by atomic mass is 10.1. The SMILES string of the molecule is COc1ccccc1OCC(=O)N1c2ccccc2CC1C(N)=O. The number of para-hydroxylation sites is 3. The molecule has 1 atom stereocenters. The second kappa shape index (κ2) is 6.62. The lowest BCUT2D eigenvalue weighted by molar-refractivity contribution is -0.125. The largest absolute Gasteiger partial charge is 0.493 e. The number of hydrogen-bond donors (Lipinski definition) is 1. The van der Waals surface area contributed by atoms with Crippen molar-refractivity contribution in [3.63, 3.8) is 0 Å². The summed E-state index contributed by atoms with van der Waals surface area (Å²) in [4.78, 5) is 25.8. The second-order valence-electron chi connectivity index (χ2n) is 5.45. The summed E-state index contributed by atoms with van der Waals surface area (Å²) in [6.45, 7) is -0.210. The number of carbonyl (C=O) groups excluding carboxylic acids is 2. The first-order valence-electron chi connectivity index (χ1n) is 7.57. The molecule has 0 aliphatic carbocycles. The fraction of sp³-hybridized carbons (Fsp3) is 0.222. The Labute approximate surface area is 139 Å². The monoisotopic (exact) mass is 326 g/mol. The summed E-state index contributed by atoms with van der Waals surface area (Å²) >= 11 is 0. The van der Waals surface area contributed by atoms with Crippen molar-refractivity contribution in [2.45, 2.75) is 12.5 Å². The molecule has 6 heteroatoms. The van der Waals surface area contributed by atoms with Crippen molar-refractivity contribution >= 4 is 17.5 Å². The number of nitrogens with two attached hydrogens (primary N) is 1. The number of nitrogens with zero attached hydrogens (tertiary/aromatic N) is 1. The fourth-order valence-corrected chi connectivity index (χ4v) is 2.87. The van der Waals surface area contributed by atoms with Crippen LogP contribution in [0.4, 0.5) is 5.69 Å². The summed E-state index contributed by atoms with van der Waals surface area (Å²) < 4.78 is 10.8. The molecule has 3 rings (SSSR count). The second-order valence-corrected chi connectivity index (χ2v) is 5.45. The van der Waals surface area contributed by atoms with Crippen molar-refractivity contribution in [1.82, 2.24) is 0 Å². The van der Waals surface area contributed by atoms with Crippen LogP contribution in [0.2, 0.25) is 0 Å². The van der Waals surface area contributed by atoms with E-state index in [-0.39, 0.29) is 12.5 Å². The molecule has 2 aromatic carbocycles. The van der Waals surface area contributed by atoms with Crippen LogP contribution in [-0.4, -0.2) is 31.6 Å². The van der Waals surface area contributed by atoms with E-state index in [9.17, 15) is 9.59 Å². The van der Waals surface area contributed by atoms with Crippen LogP contribution in [0.15, 0.2) is 48.5 Å². The highest BCUT2D eigenvalue weighted by Crippen LogP contribution is 2.32. The Bertz CT molecular complexity index is 775. The first-order chi connectivity index (χ1) is 11.6. The maximum Gasteiger partial charge on any atom is 0.265 e. The Morgan fingerprint density at radius 1 is 1.12 bits per heavy atom. The summed E-state index contributed by atoms with van der Waals surface area (Å²) in [6, 6.07) is 13.8. The van der Waals surface area contributed by atoms with Gasteiger partial charge in [-0.1, -0.05) is 30.3 Å². The van der Waals surface area contributed by atoms with Crippen molar-refractivity contribution in [3.8, 4) is 11.5 Å². The third-order valence-corrected chi connectivity index (χ3v) is 3.99. The molecule has 0 radical (unpaired) electrons. The van der Waals surface area contributed by atoms with Crippen molar-refractivity contribution in [2.24, 2.45) is 5.73 Å². The summed E-state index contributed by atoms with van der Waals surface area (Å²) in [6.07, 6.45) is 0.423. The zero-order valence-electron chi connectivity index (χ0n) is 13.3. The minimum Gasteiger partial charge on any atom is -0.493 e. The van der Waals surface area contributed by atoms with E-state index in [2.05, 4.69) is 0 Å². The third kappa shape index (κ3) is 2.90. The molecule has 0 saturated heterocycles. The quantitative estimate of drug-likeness (QED) is 0.903. The molecule has 6 nitrogen and oxygen atoms in total. The van der Waals surface area contributed by atoms with Gasteiger partial charge >= 0.3 is 0 Å². The molecule has 124 valence electrons. The van der Waals surface area contributed by atoms with Crippen molar-refractivity contribution < 1.29 is 19.1 Å². The van der Waals surface area contributed by atoms with Gasteiger partial charge in [-0.05, 0) is 23.8 Å². The van der Waals surface area contributed by atoms with Crippen LogP contribution in [0, 0.1) is 0 Å². The van der Waals surface area contributed by atoms with Crippen molar-refractivity contribution in [1.29, 1.82) is 0 Å². The fourth-order valence-electron chi connectivity index (χ4n) is 2.87. The first-order valence-corrected chi connectivity index (χ1v) is 7.57. The molecule has 24 heavy (non-hydrogen) atoms. The van der Waals surface area contributed by atoms with Gasteiger partial charge in [-0.3, -0.25) is 14.5 Å². The van der Waals surface area contributed by atoms with Gasteiger partial charge < -0.3 is 15.2 Å². The van der Waals surface area contributed by atoms with E-state index >= 15 is 0 Å². The number of primary amides is 1. The van der Waals surface area contributed by atoms with E-state index in [1.807, 2.05) is 24.3 Å². The number of ether oxygens (including phenoxy) is 2. The Morgan fingerprint density at radius 2 is 1.79 bits per heavy atom. The molecule has 1 aliphatic heterocycles. The van der Waals surface area contributed by atoms with Crippen molar-refractivity contribution in [2.75, 3.05) is 18.6 Å². The normalized spacial score (nSPS) is 15.7. The molecule has 0 saturated carbocycles. The summed E-state index contributed by atoms with van der Waals surface area (Å²) in [5.74, 6) is 0.154. The predicted molar refractivity (Wildman–Crippen MR) is 89.1 cm³/mol. The first kappa shape index (κ1) is 15.9. The molecule has 0 aromatic heterocycles.